The van der Waals surface area contributed by atoms with Crippen LogP contribution in [-0.4, -0.2) is 12.2 Å². The molecule has 2 unspecified atom stereocenters. The topological polar surface area (TPSA) is 53.2 Å². The molecule has 3 nitrogen and oxygen atoms in total. The highest BCUT2D eigenvalue weighted by Gasteiger charge is 2.19. The van der Waals surface area contributed by atoms with Gasteiger partial charge < -0.3 is 9.84 Å². The van der Waals surface area contributed by atoms with E-state index in [-0.39, 0.29) is 0 Å². The van der Waals surface area contributed by atoms with E-state index >= 15 is 0 Å². The molecule has 2 rings (SSSR count). The molecular weight excluding hydrogens is 226 g/mol. The standard InChI is InChI=1S/C15H15NO2/c1-10(9-16)15(17)13-7-8-14(18-2)12-6-4-3-5-11(12)13/h3-8,10,15,17H,1-2H3. The maximum Gasteiger partial charge on any atom is 0.126 e. The van der Waals surface area contributed by atoms with Crippen LogP contribution in [-0.2, 0) is 0 Å². The molecule has 0 aromatic heterocycles. The van der Waals surface area contributed by atoms with Crippen LogP contribution in [0.1, 0.15) is 18.6 Å². The van der Waals surface area contributed by atoms with Crippen molar-refractivity contribution in [3.63, 3.8) is 0 Å². The SMILES string of the molecule is COc1ccc(C(O)C(C)C#N)c2ccccc12. The van der Waals surface area contributed by atoms with Gasteiger partial charge in [-0.25, -0.2) is 0 Å². The summed E-state index contributed by atoms with van der Waals surface area (Å²) >= 11 is 0. The number of fused-ring (bicyclic) bond motifs is 1. The van der Waals surface area contributed by atoms with Crippen molar-refractivity contribution < 1.29 is 9.84 Å². The first kappa shape index (κ1) is 12.4. The molecule has 2 atom stereocenters. The lowest BCUT2D eigenvalue weighted by Gasteiger charge is -2.16. The van der Waals surface area contributed by atoms with E-state index in [0.29, 0.717) is 0 Å². The molecule has 0 saturated carbocycles. The van der Waals surface area contributed by atoms with Gasteiger partial charge in [0.2, 0.25) is 0 Å². The molecule has 2 aromatic carbocycles. The van der Waals surface area contributed by atoms with Gasteiger partial charge in [-0.05, 0) is 23.9 Å². The van der Waals surface area contributed by atoms with Crippen LogP contribution < -0.4 is 4.74 Å². The molecule has 1 N–H and O–H groups in total. The molecule has 0 fully saturated rings. The van der Waals surface area contributed by atoms with Gasteiger partial charge in [-0.1, -0.05) is 30.3 Å². The molecule has 2 aromatic rings. The van der Waals surface area contributed by atoms with E-state index in [9.17, 15) is 5.11 Å². The Morgan fingerprint density at radius 1 is 1.17 bits per heavy atom. The van der Waals surface area contributed by atoms with E-state index in [4.69, 9.17) is 10.00 Å². The smallest absolute Gasteiger partial charge is 0.126 e. The molecular formula is C15H15NO2. The van der Waals surface area contributed by atoms with Crippen LogP contribution >= 0.6 is 0 Å². The predicted octanol–water partition coefficient (Wildman–Crippen LogP) is 3.04. The summed E-state index contributed by atoms with van der Waals surface area (Å²) < 4.78 is 5.30. The number of hydrogen-bond acceptors (Lipinski definition) is 3. The number of aliphatic hydroxyl groups is 1. The summed E-state index contributed by atoms with van der Waals surface area (Å²) in [5, 5.41) is 21.0. The van der Waals surface area contributed by atoms with Crippen LogP contribution in [0.4, 0.5) is 0 Å². The van der Waals surface area contributed by atoms with Crippen LogP contribution in [0.3, 0.4) is 0 Å². The van der Waals surface area contributed by atoms with E-state index < -0.39 is 12.0 Å². The van der Waals surface area contributed by atoms with Crippen LogP contribution in [0.15, 0.2) is 36.4 Å². The van der Waals surface area contributed by atoms with Crippen molar-refractivity contribution >= 4 is 10.8 Å². The lowest BCUT2D eigenvalue weighted by atomic mass is 9.93. The number of aliphatic hydroxyl groups excluding tert-OH is 1. The lowest BCUT2D eigenvalue weighted by molar-refractivity contribution is 0.144. The molecule has 0 aliphatic heterocycles. The lowest BCUT2D eigenvalue weighted by Crippen LogP contribution is -2.07. The molecule has 0 spiro atoms. The van der Waals surface area contributed by atoms with Crippen LogP contribution in [0, 0.1) is 17.2 Å². The van der Waals surface area contributed by atoms with Crippen molar-refractivity contribution in [2.45, 2.75) is 13.0 Å². The fourth-order valence-electron chi connectivity index (χ4n) is 2.07. The van der Waals surface area contributed by atoms with E-state index in [1.807, 2.05) is 36.4 Å². The highest BCUT2D eigenvalue weighted by molar-refractivity contribution is 5.91. The summed E-state index contributed by atoms with van der Waals surface area (Å²) in [4.78, 5) is 0. The van der Waals surface area contributed by atoms with Gasteiger partial charge in [0.05, 0.1) is 25.2 Å². The van der Waals surface area contributed by atoms with Crippen LogP contribution in [0.5, 0.6) is 5.75 Å². The van der Waals surface area contributed by atoms with Gasteiger partial charge in [0.25, 0.3) is 0 Å². The normalized spacial score (nSPS) is 13.9. The number of ether oxygens (including phenoxy) is 1. The van der Waals surface area contributed by atoms with Crippen molar-refractivity contribution in [3.8, 4) is 11.8 Å². The Balaban J connectivity index is 2.64. The Bertz CT molecular complexity index is 601. The van der Waals surface area contributed by atoms with Crippen molar-refractivity contribution in [3.05, 3.63) is 42.0 Å². The van der Waals surface area contributed by atoms with Gasteiger partial charge >= 0.3 is 0 Å². The second kappa shape index (κ2) is 5.07. The molecule has 18 heavy (non-hydrogen) atoms. The first-order valence-corrected chi connectivity index (χ1v) is 5.82. The monoisotopic (exact) mass is 241 g/mol. The second-order valence-electron chi connectivity index (χ2n) is 4.27. The number of benzene rings is 2. The van der Waals surface area contributed by atoms with Gasteiger partial charge in [0.1, 0.15) is 5.75 Å². The van der Waals surface area contributed by atoms with Gasteiger partial charge in [0, 0.05) is 5.39 Å². The first-order chi connectivity index (χ1) is 8.69. The first-order valence-electron chi connectivity index (χ1n) is 5.82. The van der Waals surface area contributed by atoms with Crippen molar-refractivity contribution in [1.82, 2.24) is 0 Å². The molecule has 3 heteroatoms. The molecule has 92 valence electrons. The highest BCUT2D eigenvalue weighted by atomic mass is 16.5. The van der Waals surface area contributed by atoms with Gasteiger partial charge in [-0.3, -0.25) is 0 Å². The van der Waals surface area contributed by atoms with Crippen molar-refractivity contribution in [2.75, 3.05) is 7.11 Å². The number of nitrogens with zero attached hydrogens (tertiary/aromatic N) is 1. The van der Waals surface area contributed by atoms with Crippen molar-refractivity contribution in [1.29, 1.82) is 5.26 Å². The summed E-state index contributed by atoms with van der Waals surface area (Å²) in [6, 6.07) is 13.4. The van der Waals surface area contributed by atoms with E-state index in [1.165, 1.54) is 0 Å². The van der Waals surface area contributed by atoms with Gasteiger partial charge in [-0.2, -0.15) is 5.26 Å². The summed E-state index contributed by atoms with van der Waals surface area (Å²) in [6.07, 6.45) is -0.786. The Morgan fingerprint density at radius 2 is 1.83 bits per heavy atom. The second-order valence-corrected chi connectivity index (χ2v) is 4.27. The maximum atomic E-state index is 10.2. The molecule has 0 radical (unpaired) electrons. The fourth-order valence-corrected chi connectivity index (χ4v) is 2.07. The number of methoxy groups -OCH3 is 1. The zero-order valence-electron chi connectivity index (χ0n) is 10.4. The van der Waals surface area contributed by atoms with Crippen LogP contribution in [0.2, 0.25) is 0 Å². The summed E-state index contributed by atoms with van der Waals surface area (Å²) in [5.74, 6) is 0.327. The third-order valence-corrected chi connectivity index (χ3v) is 3.13. The summed E-state index contributed by atoms with van der Waals surface area (Å²) in [5.41, 5.74) is 0.764. The fraction of sp³-hybridized carbons (Fsp3) is 0.267. The average Bonchev–Trinajstić information content (AvgIpc) is 2.44. The number of rotatable bonds is 3. The van der Waals surface area contributed by atoms with E-state index in [0.717, 1.165) is 22.1 Å². The van der Waals surface area contributed by atoms with Crippen LogP contribution in [0.25, 0.3) is 10.8 Å². The third kappa shape index (κ3) is 2.03. The zero-order valence-corrected chi connectivity index (χ0v) is 10.4. The summed E-state index contributed by atoms with van der Waals surface area (Å²) in [7, 11) is 1.62. The van der Waals surface area contributed by atoms with E-state index in [1.54, 1.807) is 14.0 Å². The third-order valence-electron chi connectivity index (χ3n) is 3.13. The Morgan fingerprint density at radius 3 is 2.44 bits per heavy atom. The Kier molecular flexibility index (Phi) is 3.50. The Hall–Kier alpha value is -2.05. The van der Waals surface area contributed by atoms with Crippen molar-refractivity contribution in [2.24, 2.45) is 5.92 Å². The average molecular weight is 241 g/mol. The largest absolute Gasteiger partial charge is 0.496 e. The number of hydrogen-bond donors (Lipinski definition) is 1. The molecule has 0 aliphatic rings. The predicted molar refractivity (Wildman–Crippen MR) is 70.2 cm³/mol. The Labute approximate surface area is 106 Å². The quantitative estimate of drug-likeness (QED) is 0.898. The van der Waals surface area contributed by atoms with Gasteiger partial charge in [-0.15, -0.1) is 0 Å². The molecule has 0 saturated heterocycles. The molecule has 0 bridgehead atoms. The maximum absolute atomic E-state index is 10.2. The minimum Gasteiger partial charge on any atom is -0.496 e. The van der Waals surface area contributed by atoms with Gasteiger partial charge in [0.15, 0.2) is 0 Å². The molecule has 0 heterocycles. The number of nitriles is 1. The minimum absolute atomic E-state index is 0.443. The zero-order chi connectivity index (χ0) is 13.1. The highest BCUT2D eigenvalue weighted by Crippen LogP contribution is 2.33. The molecule has 0 aliphatic carbocycles. The van der Waals surface area contributed by atoms with E-state index in [2.05, 4.69) is 6.07 Å². The summed E-state index contributed by atoms with van der Waals surface area (Å²) in [6.45, 7) is 1.71. The minimum atomic E-state index is -0.786. The molecule has 0 amide bonds.